The molecule has 0 bridgehead atoms. The number of alkyl halides is 1. The molecule has 1 aliphatic carbocycles. The number of halogens is 3. The number of benzene rings is 1. The zero-order chi connectivity index (χ0) is 27.1. The maximum absolute atomic E-state index is 14.0. The molecule has 37 heavy (non-hydrogen) atoms. The predicted octanol–water partition coefficient (Wildman–Crippen LogP) is 4.85. The molecule has 5 atom stereocenters. The van der Waals surface area contributed by atoms with E-state index in [1.807, 2.05) is 19.1 Å². The lowest BCUT2D eigenvalue weighted by atomic mass is 9.61. The Bertz CT molecular complexity index is 1110. The predicted molar refractivity (Wildman–Crippen MR) is 145 cm³/mol. The van der Waals surface area contributed by atoms with E-state index in [0.29, 0.717) is 30.0 Å². The van der Waals surface area contributed by atoms with Crippen LogP contribution in [0.5, 0.6) is 0 Å². The molecule has 1 saturated heterocycles. The number of hydrogen-bond donors (Lipinski definition) is 4. The molecule has 2 amide bonds. The van der Waals surface area contributed by atoms with Crippen molar-refractivity contribution in [2.45, 2.75) is 76.6 Å². The minimum absolute atomic E-state index is 0.0738. The van der Waals surface area contributed by atoms with Gasteiger partial charge in [-0.1, -0.05) is 69.1 Å². The summed E-state index contributed by atoms with van der Waals surface area (Å²) >= 11 is 12.1. The van der Waals surface area contributed by atoms with Gasteiger partial charge in [-0.3, -0.25) is 9.59 Å². The van der Waals surface area contributed by atoms with Crippen LogP contribution < -0.4 is 16.0 Å². The Balaban J connectivity index is 1.82. The number of rotatable bonds is 7. The first kappa shape index (κ1) is 28.1. The van der Waals surface area contributed by atoms with Gasteiger partial charge in [-0.2, -0.15) is 0 Å². The highest BCUT2D eigenvalue weighted by molar-refractivity contribution is 6.31. The summed E-state index contributed by atoms with van der Waals surface area (Å²) in [5.41, 5.74) is 0.305. The number of anilines is 1. The van der Waals surface area contributed by atoms with Crippen LogP contribution in [0.25, 0.3) is 0 Å². The van der Waals surface area contributed by atoms with E-state index in [1.54, 1.807) is 18.2 Å². The summed E-state index contributed by atoms with van der Waals surface area (Å²) in [5, 5.41) is 20.0. The zero-order valence-electron chi connectivity index (χ0n) is 21.7. The van der Waals surface area contributed by atoms with E-state index in [0.717, 1.165) is 5.56 Å². The molecule has 3 aliphatic rings. The Hall–Kier alpha value is -1.93. The Morgan fingerprint density at radius 2 is 2.05 bits per heavy atom. The van der Waals surface area contributed by atoms with E-state index in [4.69, 9.17) is 23.2 Å². The molecular formula is C28H36Cl2FN3O3. The number of carbonyl (C=O) groups excluding carboxylic acids is 2. The van der Waals surface area contributed by atoms with Crippen LogP contribution in [0.15, 0.2) is 41.5 Å². The van der Waals surface area contributed by atoms with Crippen LogP contribution in [0.4, 0.5) is 10.1 Å². The first-order valence-electron chi connectivity index (χ1n) is 12.8. The Kier molecular flexibility index (Phi) is 8.11. The summed E-state index contributed by atoms with van der Waals surface area (Å²) in [7, 11) is 0. The van der Waals surface area contributed by atoms with Crippen LogP contribution in [0, 0.1) is 17.3 Å². The Morgan fingerprint density at radius 1 is 1.35 bits per heavy atom. The molecule has 1 spiro atoms. The highest BCUT2D eigenvalue weighted by atomic mass is 35.5. The number of carbonyl (C=O) groups is 2. The number of hydrogen-bond acceptors (Lipinski definition) is 4. The van der Waals surface area contributed by atoms with Crippen LogP contribution in [0.1, 0.15) is 52.5 Å². The standard InChI is InChI=1S/C28H36Cl2FN3O3/c1-15(6-5-7-17(30)14-31)23-24(25(36)32-18-11-19(35)12-18)34-22(13-27(2,3)4)28(23)20-9-8-16(29)10-21(20)33-26(28)37/h5-10,15,18-19,22-24,34-35H,11-14H2,1-4H3,(H,32,36)(H,33,37)/b6-5-,17-7+/t15?,18-,19+,22-,23+,24-,28+/m1/s1. The van der Waals surface area contributed by atoms with Gasteiger partial charge in [-0.15, -0.1) is 0 Å². The number of amides is 2. The molecule has 202 valence electrons. The van der Waals surface area contributed by atoms with Crippen LogP contribution in [-0.4, -0.2) is 47.8 Å². The number of allylic oxidation sites excluding steroid dienone is 4. The van der Waals surface area contributed by atoms with E-state index in [1.165, 1.54) is 6.08 Å². The summed E-state index contributed by atoms with van der Waals surface area (Å²) in [6.45, 7) is 7.54. The third-order valence-corrected chi connectivity index (χ3v) is 8.27. The van der Waals surface area contributed by atoms with E-state index in [2.05, 4.69) is 36.7 Å². The maximum atomic E-state index is 14.0. The summed E-state index contributed by atoms with van der Waals surface area (Å²) in [6.07, 6.45) is 6.34. The van der Waals surface area contributed by atoms with Crippen LogP contribution >= 0.6 is 23.2 Å². The number of fused-ring (bicyclic) bond motifs is 2. The molecule has 1 aromatic rings. The molecule has 0 radical (unpaired) electrons. The van der Waals surface area contributed by atoms with Crippen molar-refractivity contribution in [1.29, 1.82) is 0 Å². The number of aliphatic hydroxyl groups is 1. The van der Waals surface area contributed by atoms with Gasteiger partial charge in [0, 0.05) is 33.7 Å². The number of nitrogens with one attached hydrogen (secondary N) is 3. The van der Waals surface area contributed by atoms with E-state index in [9.17, 15) is 19.1 Å². The second-order valence-electron chi connectivity index (χ2n) is 11.8. The lowest BCUT2D eigenvalue weighted by Gasteiger charge is -2.39. The first-order valence-corrected chi connectivity index (χ1v) is 13.6. The van der Waals surface area contributed by atoms with Crippen molar-refractivity contribution in [1.82, 2.24) is 10.6 Å². The molecular weight excluding hydrogens is 516 g/mol. The van der Waals surface area contributed by atoms with Gasteiger partial charge in [0.25, 0.3) is 0 Å². The Morgan fingerprint density at radius 3 is 2.68 bits per heavy atom. The second-order valence-corrected chi connectivity index (χ2v) is 12.7. The molecule has 4 N–H and O–H groups in total. The molecule has 6 nitrogen and oxygen atoms in total. The summed E-state index contributed by atoms with van der Waals surface area (Å²) in [6, 6.07) is 4.33. The normalized spacial score (nSPS) is 32.4. The molecule has 2 aliphatic heterocycles. The van der Waals surface area contributed by atoms with Crippen molar-refractivity contribution in [3.05, 3.63) is 52.0 Å². The van der Waals surface area contributed by atoms with E-state index in [-0.39, 0.29) is 40.3 Å². The lowest BCUT2D eigenvalue weighted by Crippen LogP contribution is -2.54. The highest BCUT2D eigenvalue weighted by Gasteiger charge is 2.66. The lowest BCUT2D eigenvalue weighted by molar-refractivity contribution is -0.127. The molecule has 1 saturated carbocycles. The largest absolute Gasteiger partial charge is 0.393 e. The smallest absolute Gasteiger partial charge is 0.237 e. The topological polar surface area (TPSA) is 90.5 Å². The van der Waals surface area contributed by atoms with Gasteiger partial charge in [-0.25, -0.2) is 4.39 Å². The SMILES string of the molecule is CC(/C=C\C=C(\Cl)CF)[C@H]1[C@H](C(=O)N[C@H]2C[C@@H](O)C2)N[C@H](CC(C)(C)C)[C@]12C(=O)Nc1cc(Cl)ccc12. The summed E-state index contributed by atoms with van der Waals surface area (Å²) in [5.74, 6) is -1.07. The van der Waals surface area contributed by atoms with Crippen molar-refractivity contribution in [2.24, 2.45) is 17.3 Å². The molecule has 4 rings (SSSR count). The zero-order valence-corrected chi connectivity index (χ0v) is 23.2. The quantitative estimate of drug-likeness (QED) is 0.365. The fraction of sp³-hybridized carbons (Fsp3) is 0.571. The maximum Gasteiger partial charge on any atom is 0.237 e. The first-order chi connectivity index (χ1) is 17.4. The molecule has 2 heterocycles. The molecule has 1 unspecified atom stereocenters. The van der Waals surface area contributed by atoms with Crippen LogP contribution in [0.3, 0.4) is 0 Å². The van der Waals surface area contributed by atoms with Gasteiger partial charge < -0.3 is 21.1 Å². The summed E-state index contributed by atoms with van der Waals surface area (Å²) < 4.78 is 12.9. The Labute approximate surface area is 228 Å². The minimum Gasteiger partial charge on any atom is -0.393 e. The van der Waals surface area contributed by atoms with Crippen molar-refractivity contribution in [3.63, 3.8) is 0 Å². The van der Waals surface area contributed by atoms with Gasteiger partial charge in [0.15, 0.2) is 0 Å². The number of aliphatic hydroxyl groups excluding tert-OH is 1. The average Bonchev–Trinajstić information content (AvgIpc) is 3.26. The van der Waals surface area contributed by atoms with Crippen molar-refractivity contribution in [3.8, 4) is 0 Å². The van der Waals surface area contributed by atoms with Gasteiger partial charge in [0.05, 0.1) is 17.6 Å². The van der Waals surface area contributed by atoms with Crippen molar-refractivity contribution < 1.29 is 19.1 Å². The van der Waals surface area contributed by atoms with Gasteiger partial charge in [0.2, 0.25) is 11.8 Å². The van der Waals surface area contributed by atoms with Gasteiger partial charge in [-0.05, 0) is 54.4 Å². The second kappa shape index (κ2) is 10.7. The van der Waals surface area contributed by atoms with Crippen molar-refractivity contribution in [2.75, 3.05) is 12.0 Å². The van der Waals surface area contributed by atoms with Gasteiger partial charge >= 0.3 is 0 Å². The van der Waals surface area contributed by atoms with Gasteiger partial charge in [0.1, 0.15) is 6.67 Å². The van der Waals surface area contributed by atoms with Crippen LogP contribution in [0.2, 0.25) is 5.02 Å². The fourth-order valence-corrected chi connectivity index (χ4v) is 6.48. The monoisotopic (exact) mass is 551 g/mol. The molecule has 0 aromatic heterocycles. The third kappa shape index (κ3) is 5.47. The highest BCUT2D eigenvalue weighted by Crippen LogP contribution is 2.55. The summed E-state index contributed by atoms with van der Waals surface area (Å²) in [4.78, 5) is 27.7. The molecule has 2 fully saturated rings. The average molecular weight is 553 g/mol. The molecule has 9 heteroatoms. The fourth-order valence-electron chi connectivity index (χ4n) is 6.24. The third-order valence-electron chi connectivity index (χ3n) is 7.81. The van der Waals surface area contributed by atoms with E-state index >= 15 is 0 Å². The minimum atomic E-state index is -1.04. The van der Waals surface area contributed by atoms with E-state index < -0.39 is 30.2 Å². The molecule has 1 aromatic carbocycles. The van der Waals surface area contributed by atoms with Crippen LogP contribution in [-0.2, 0) is 15.0 Å². The van der Waals surface area contributed by atoms with Crippen molar-refractivity contribution >= 4 is 40.7 Å².